The summed E-state index contributed by atoms with van der Waals surface area (Å²) in [5, 5.41) is 8.67. The van der Waals surface area contributed by atoms with Gasteiger partial charge in [-0.25, -0.2) is 9.59 Å². The van der Waals surface area contributed by atoms with Crippen LogP contribution >= 0.6 is 0 Å². The van der Waals surface area contributed by atoms with Crippen LogP contribution in [0, 0.1) is 11.3 Å². The number of nitriles is 1. The fourth-order valence-electron chi connectivity index (χ4n) is 2.21. The molecule has 0 N–H and O–H groups in total. The Hall–Kier alpha value is -1.99. The fourth-order valence-corrected chi connectivity index (χ4v) is 2.21. The van der Waals surface area contributed by atoms with Gasteiger partial charge in [-0.05, 0) is 0 Å². The lowest BCUT2D eigenvalue weighted by Crippen LogP contribution is -2.62. The van der Waals surface area contributed by atoms with E-state index in [0.29, 0.717) is 0 Å². The van der Waals surface area contributed by atoms with Gasteiger partial charge in [0.05, 0.1) is 7.11 Å². The zero-order valence-electron chi connectivity index (χ0n) is 13.3. The molecule has 0 aliphatic carbocycles. The minimum absolute atomic E-state index is 0.416. The lowest BCUT2D eigenvalue weighted by Gasteiger charge is -2.42. The van der Waals surface area contributed by atoms with Crippen LogP contribution in [0.2, 0.25) is 0 Å². The van der Waals surface area contributed by atoms with Crippen molar-refractivity contribution in [1.82, 2.24) is 0 Å². The lowest BCUT2D eigenvalue weighted by atomic mass is 9.98. The van der Waals surface area contributed by atoms with Crippen molar-refractivity contribution >= 4 is 11.9 Å². The number of nitrogens with zero attached hydrogens (tertiary/aromatic N) is 1. The summed E-state index contributed by atoms with van der Waals surface area (Å²) >= 11 is 0. The molecule has 1 saturated heterocycles. The number of ether oxygens (including phenoxy) is 6. The highest BCUT2D eigenvalue weighted by atomic mass is 16.7. The molecule has 5 unspecified atom stereocenters. The van der Waals surface area contributed by atoms with Gasteiger partial charge in [0.25, 0.3) is 0 Å². The van der Waals surface area contributed by atoms with Gasteiger partial charge in [0.15, 0.2) is 6.10 Å². The molecule has 1 fully saturated rings. The van der Waals surface area contributed by atoms with Crippen molar-refractivity contribution in [3.63, 3.8) is 0 Å². The monoisotopic (exact) mass is 329 g/mol. The molecular formula is C14H19NO8. The Kier molecular flexibility index (Phi) is 7.12. The maximum absolute atomic E-state index is 11.9. The van der Waals surface area contributed by atoms with E-state index >= 15 is 0 Å². The fraction of sp³-hybridized carbons (Fsp3) is 0.643. The predicted molar refractivity (Wildman–Crippen MR) is 73.9 cm³/mol. The molecule has 9 nitrogen and oxygen atoms in total. The van der Waals surface area contributed by atoms with E-state index in [9.17, 15) is 9.59 Å². The average molecular weight is 329 g/mol. The first-order chi connectivity index (χ1) is 10.9. The van der Waals surface area contributed by atoms with Crippen molar-refractivity contribution < 1.29 is 38.0 Å². The Balaban J connectivity index is 3.08. The first-order valence-electron chi connectivity index (χ1n) is 6.56. The highest BCUT2D eigenvalue weighted by molar-refractivity contribution is 5.92. The molecule has 1 rings (SSSR count). The first-order valence-corrected chi connectivity index (χ1v) is 6.56. The molecule has 9 heteroatoms. The molecule has 5 atom stereocenters. The van der Waals surface area contributed by atoms with Gasteiger partial charge in [-0.15, -0.1) is 0 Å². The Morgan fingerprint density at radius 1 is 1.04 bits per heavy atom. The molecule has 0 aromatic carbocycles. The van der Waals surface area contributed by atoms with Crippen molar-refractivity contribution in [2.24, 2.45) is 0 Å². The van der Waals surface area contributed by atoms with E-state index < -0.39 is 48.2 Å². The summed E-state index contributed by atoms with van der Waals surface area (Å²) in [6.07, 6.45) is -5.02. The van der Waals surface area contributed by atoms with E-state index in [-0.39, 0.29) is 0 Å². The second-order valence-electron chi connectivity index (χ2n) is 4.54. The Morgan fingerprint density at radius 2 is 1.61 bits per heavy atom. The third-order valence-corrected chi connectivity index (χ3v) is 3.35. The van der Waals surface area contributed by atoms with Crippen LogP contribution in [0.3, 0.4) is 0 Å². The molecule has 1 heterocycles. The Labute approximate surface area is 133 Å². The van der Waals surface area contributed by atoms with Gasteiger partial charge >= 0.3 is 11.9 Å². The Bertz CT molecular complexity index is 499. The van der Waals surface area contributed by atoms with Gasteiger partial charge in [-0.1, -0.05) is 6.58 Å². The van der Waals surface area contributed by atoms with E-state index in [0.717, 1.165) is 0 Å². The van der Waals surface area contributed by atoms with Crippen molar-refractivity contribution in [2.45, 2.75) is 30.7 Å². The van der Waals surface area contributed by atoms with Crippen LogP contribution in [0.1, 0.15) is 0 Å². The van der Waals surface area contributed by atoms with E-state index in [1.165, 1.54) is 28.4 Å². The van der Waals surface area contributed by atoms with Crippen LogP contribution < -0.4 is 0 Å². The minimum Gasteiger partial charge on any atom is -0.467 e. The van der Waals surface area contributed by atoms with Crippen LogP contribution in [-0.2, 0) is 38.0 Å². The van der Waals surface area contributed by atoms with Gasteiger partial charge in [0, 0.05) is 21.3 Å². The molecule has 0 bridgehead atoms. The van der Waals surface area contributed by atoms with Crippen LogP contribution in [-0.4, -0.2) is 71.1 Å². The van der Waals surface area contributed by atoms with Gasteiger partial charge in [-0.3, -0.25) is 0 Å². The summed E-state index contributed by atoms with van der Waals surface area (Å²) in [5.41, 5.74) is -0.416. The molecule has 1 aliphatic heterocycles. The van der Waals surface area contributed by atoms with E-state index in [4.69, 9.17) is 28.9 Å². The summed E-state index contributed by atoms with van der Waals surface area (Å²) in [6, 6.07) is 1.56. The molecule has 0 saturated carbocycles. The third kappa shape index (κ3) is 4.05. The first kappa shape index (κ1) is 19.1. The number of methoxy groups -OCH3 is 4. The van der Waals surface area contributed by atoms with Gasteiger partial charge in [-0.2, -0.15) is 5.26 Å². The van der Waals surface area contributed by atoms with Gasteiger partial charge < -0.3 is 28.4 Å². The summed E-state index contributed by atoms with van der Waals surface area (Å²) in [5.74, 6) is -1.72. The van der Waals surface area contributed by atoms with Crippen molar-refractivity contribution in [3.8, 4) is 6.07 Å². The zero-order chi connectivity index (χ0) is 17.6. The predicted octanol–water partition coefficient (Wildman–Crippen LogP) is -0.448. The number of carbonyl (C=O) groups excluding carboxylic acids is 2. The SMILES string of the molecule is C=C(C#N)C(=O)OC1OC(C(=O)OC)C(OC)C(OC)C1OC. The number of hydrogen-bond acceptors (Lipinski definition) is 9. The number of esters is 2. The summed E-state index contributed by atoms with van der Waals surface area (Å²) in [4.78, 5) is 23.6. The topological polar surface area (TPSA) is 113 Å². The highest BCUT2D eigenvalue weighted by Gasteiger charge is 2.52. The van der Waals surface area contributed by atoms with Crippen LogP contribution in [0.25, 0.3) is 0 Å². The molecular weight excluding hydrogens is 310 g/mol. The maximum atomic E-state index is 11.9. The van der Waals surface area contributed by atoms with Crippen molar-refractivity contribution in [1.29, 1.82) is 5.26 Å². The standard InChI is InChI=1S/C14H19NO8/c1-7(6-15)12(16)23-14-11(20-4)9(19-3)8(18-2)10(22-14)13(17)21-5/h8-11,14H,1H2,2-5H3. The normalized spacial score (nSPS) is 30.1. The maximum Gasteiger partial charge on any atom is 0.350 e. The Morgan fingerprint density at radius 3 is 2.04 bits per heavy atom. The third-order valence-electron chi connectivity index (χ3n) is 3.35. The van der Waals surface area contributed by atoms with Crippen LogP contribution in [0.5, 0.6) is 0 Å². The largest absolute Gasteiger partial charge is 0.467 e. The van der Waals surface area contributed by atoms with Gasteiger partial charge in [0.1, 0.15) is 30.0 Å². The molecule has 0 amide bonds. The molecule has 23 heavy (non-hydrogen) atoms. The van der Waals surface area contributed by atoms with E-state index in [1.807, 2.05) is 0 Å². The molecule has 1 aliphatic rings. The average Bonchev–Trinajstić information content (AvgIpc) is 2.58. The van der Waals surface area contributed by atoms with E-state index in [1.54, 1.807) is 6.07 Å². The second kappa shape index (κ2) is 8.59. The van der Waals surface area contributed by atoms with Crippen molar-refractivity contribution in [3.05, 3.63) is 12.2 Å². The summed E-state index contributed by atoms with van der Waals surface area (Å²) < 4.78 is 30.9. The number of rotatable bonds is 6. The van der Waals surface area contributed by atoms with Crippen molar-refractivity contribution in [2.75, 3.05) is 28.4 Å². The quantitative estimate of drug-likeness (QED) is 0.363. The minimum atomic E-state index is -1.31. The van der Waals surface area contributed by atoms with Gasteiger partial charge in [0.2, 0.25) is 6.29 Å². The summed E-state index contributed by atoms with van der Waals surface area (Å²) in [7, 11) is 5.29. The van der Waals surface area contributed by atoms with Crippen LogP contribution in [0.15, 0.2) is 12.2 Å². The lowest BCUT2D eigenvalue weighted by molar-refractivity contribution is -0.297. The highest BCUT2D eigenvalue weighted by Crippen LogP contribution is 2.28. The van der Waals surface area contributed by atoms with Crippen LogP contribution in [0.4, 0.5) is 0 Å². The summed E-state index contributed by atoms with van der Waals surface area (Å²) in [6.45, 7) is 3.25. The molecule has 128 valence electrons. The molecule has 0 spiro atoms. The number of hydrogen-bond donors (Lipinski definition) is 0. The van der Waals surface area contributed by atoms with E-state index in [2.05, 4.69) is 11.3 Å². The molecule has 0 aromatic rings. The second-order valence-corrected chi connectivity index (χ2v) is 4.54. The molecule has 0 radical (unpaired) electrons. The zero-order valence-corrected chi connectivity index (χ0v) is 13.3. The number of carbonyl (C=O) groups is 2. The smallest absolute Gasteiger partial charge is 0.350 e. The molecule has 0 aromatic heterocycles.